The SMILES string of the molecule is COc1ccc(F)cc1[C@H](Cn1c(=O)n(C(C)(C)C(=O)CC(C)(C)[Si](O)(c2ccccc2)c2ccccc2)c(=O)c2c(C)c(-n3nccn3)sc21)OCCC(O)CO. The quantitative estimate of drug-likeness (QED) is 0.114. The number of aliphatic hydroxyl groups is 2. The molecule has 0 radical (unpaired) electrons. The Morgan fingerprint density at radius 2 is 1.57 bits per heavy atom. The summed E-state index contributed by atoms with van der Waals surface area (Å²) in [6.07, 6.45) is 0.634. The first-order chi connectivity index (χ1) is 27.6. The third-order valence-electron chi connectivity index (χ3n) is 10.9. The molecule has 0 aliphatic carbocycles. The molecule has 0 bridgehead atoms. The fraction of sp³-hybridized carbons (Fsp3) is 0.357. The van der Waals surface area contributed by atoms with Crippen molar-refractivity contribution in [3.05, 3.63) is 129 Å². The lowest BCUT2D eigenvalue weighted by molar-refractivity contribution is -0.127. The third-order valence-corrected chi connectivity index (χ3v) is 16.6. The van der Waals surface area contributed by atoms with Crippen molar-refractivity contribution in [1.82, 2.24) is 24.1 Å². The van der Waals surface area contributed by atoms with Gasteiger partial charge in [0.2, 0.25) is 0 Å². The number of fused-ring (bicyclic) bond motifs is 1. The number of thiophene rings is 1. The minimum absolute atomic E-state index is 0.0284. The Bertz CT molecular complexity index is 2470. The fourth-order valence-corrected chi connectivity index (χ4v) is 12.4. The number of hydrogen-bond acceptors (Lipinski definition) is 11. The number of Topliss-reactive ketones (excluding diaryl/α,β-unsaturated/α-hetero) is 1. The topological polar surface area (TPSA) is 171 Å². The number of carbonyl (C=O) groups is 1. The van der Waals surface area contributed by atoms with Crippen LogP contribution in [0.4, 0.5) is 4.39 Å². The molecule has 0 fully saturated rings. The van der Waals surface area contributed by atoms with E-state index in [9.17, 15) is 29.0 Å². The number of nitrogens with zero attached hydrogens (tertiary/aromatic N) is 5. The van der Waals surface area contributed by atoms with Crippen LogP contribution in [0.2, 0.25) is 5.04 Å². The molecular weight excluding hydrogens is 782 g/mol. The normalized spacial score (nSPS) is 13.5. The molecule has 6 aromatic rings. The Hall–Kier alpha value is -5.10. The van der Waals surface area contributed by atoms with Crippen molar-refractivity contribution in [3.63, 3.8) is 0 Å². The van der Waals surface area contributed by atoms with E-state index in [4.69, 9.17) is 9.47 Å². The number of aromatic nitrogens is 5. The zero-order chi connectivity index (χ0) is 42.0. The summed E-state index contributed by atoms with van der Waals surface area (Å²) < 4.78 is 28.9. The zero-order valence-electron chi connectivity index (χ0n) is 33.3. The Morgan fingerprint density at radius 1 is 0.966 bits per heavy atom. The van der Waals surface area contributed by atoms with Crippen molar-refractivity contribution >= 4 is 46.0 Å². The molecule has 6 rings (SSSR count). The van der Waals surface area contributed by atoms with Crippen molar-refractivity contribution in [2.24, 2.45) is 0 Å². The summed E-state index contributed by atoms with van der Waals surface area (Å²) in [5.41, 5.74) is -2.56. The van der Waals surface area contributed by atoms with Crippen molar-refractivity contribution in [2.75, 3.05) is 20.3 Å². The highest BCUT2D eigenvalue weighted by Gasteiger charge is 2.52. The number of carbonyl (C=O) groups excluding carboxylic acids is 1. The van der Waals surface area contributed by atoms with Crippen molar-refractivity contribution < 1.29 is 33.7 Å². The summed E-state index contributed by atoms with van der Waals surface area (Å²) in [5.74, 6) is -0.785. The predicted molar refractivity (Wildman–Crippen MR) is 222 cm³/mol. The van der Waals surface area contributed by atoms with E-state index in [1.165, 1.54) is 60.9 Å². The first-order valence-electron chi connectivity index (χ1n) is 18.8. The lowest BCUT2D eigenvalue weighted by Crippen LogP contribution is -2.66. The lowest BCUT2D eigenvalue weighted by atomic mass is 9.91. The van der Waals surface area contributed by atoms with Crippen LogP contribution in [0, 0.1) is 12.7 Å². The van der Waals surface area contributed by atoms with Gasteiger partial charge in [-0.05, 0) is 60.8 Å². The summed E-state index contributed by atoms with van der Waals surface area (Å²) in [6.45, 7) is 7.56. The second-order valence-corrected chi connectivity index (χ2v) is 20.3. The van der Waals surface area contributed by atoms with E-state index in [0.29, 0.717) is 20.9 Å². The van der Waals surface area contributed by atoms with Gasteiger partial charge in [-0.2, -0.15) is 10.2 Å². The molecule has 3 aromatic heterocycles. The molecule has 3 N–H and O–H groups in total. The number of ether oxygens (including phenoxy) is 2. The van der Waals surface area contributed by atoms with Crippen LogP contribution in [0.3, 0.4) is 0 Å². The number of methoxy groups -OCH3 is 1. The average molecular weight is 830 g/mol. The third kappa shape index (κ3) is 7.87. The van der Waals surface area contributed by atoms with E-state index < -0.39 is 60.6 Å². The molecule has 0 aliphatic heterocycles. The second-order valence-electron chi connectivity index (χ2n) is 15.4. The van der Waals surface area contributed by atoms with Crippen LogP contribution >= 0.6 is 11.3 Å². The van der Waals surface area contributed by atoms with E-state index >= 15 is 4.79 Å². The number of hydrogen-bond donors (Lipinski definition) is 3. The number of halogens is 1. The Balaban J connectivity index is 1.52. The van der Waals surface area contributed by atoms with Gasteiger partial charge in [-0.15, -0.1) is 4.80 Å². The van der Waals surface area contributed by atoms with E-state index in [1.807, 2.05) is 74.5 Å². The summed E-state index contributed by atoms with van der Waals surface area (Å²) in [4.78, 5) is 59.2. The van der Waals surface area contributed by atoms with Crippen molar-refractivity contribution in [2.45, 2.75) is 76.8 Å². The maximum atomic E-state index is 15.1. The van der Waals surface area contributed by atoms with Gasteiger partial charge >= 0.3 is 5.69 Å². The number of ketones is 1. The number of aryl methyl sites for hydroxylation is 1. The minimum Gasteiger partial charge on any atom is -0.496 e. The maximum Gasteiger partial charge on any atom is 0.333 e. The maximum absolute atomic E-state index is 15.1. The molecule has 1 unspecified atom stereocenters. The van der Waals surface area contributed by atoms with Gasteiger partial charge in [0, 0.05) is 17.5 Å². The monoisotopic (exact) mass is 829 g/mol. The average Bonchev–Trinajstić information content (AvgIpc) is 3.87. The summed E-state index contributed by atoms with van der Waals surface area (Å²) >= 11 is 1.10. The Morgan fingerprint density at radius 3 is 2.14 bits per heavy atom. The molecule has 2 atom stereocenters. The lowest BCUT2D eigenvalue weighted by Gasteiger charge is -2.42. The standard InChI is InChI=1S/C42H48FN5O8SSi/c1-27-36-37(52)47(42(4,5)35(51)24-41(2,3)58(54,30-13-9-7-10-14-30)31-15-11-8-12-16-31)40(53)46(39(36)57-38(27)48-44-20-21-45-48)25-34(56-22-19-29(50)26-49)32-23-28(43)17-18-33(32)55-6/h7-18,20-21,23,29,34,49-50,54H,19,22,24-26H2,1-6H3/t29?,34-/m0/s1. The number of benzene rings is 3. The van der Waals surface area contributed by atoms with E-state index in [-0.39, 0.29) is 47.5 Å². The van der Waals surface area contributed by atoms with Gasteiger partial charge in [0.05, 0.1) is 50.8 Å². The Kier molecular flexibility index (Phi) is 12.5. The van der Waals surface area contributed by atoms with Crippen LogP contribution in [-0.2, 0) is 21.6 Å². The smallest absolute Gasteiger partial charge is 0.333 e. The largest absolute Gasteiger partial charge is 0.496 e. The summed E-state index contributed by atoms with van der Waals surface area (Å²) in [6, 6.07) is 22.4. The second kappa shape index (κ2) is 17.0. The van der Waals surface area contributed by atoms with Gasteiger partial charge in [-0.1, -0.05) is 85.8 Å². The zero-order valence-corrected chi connectivity index (χ0v) is 35.1. The van der Waals surface area contributed by atoms with Crippen LogP contribution in [0.5, 0.6) is 5.75 Å². The molecule has 0 saturated carbocycles. The molecule has 16 heteroatoms. The van der Waals surface area contributed by atoms with Crippen molar-refractivity contribution in [1.29, 1.82) is 0 Å². The van der Waals surface area contributed by atoms with Crippen LogP contribution in [-0.4, -0.2) is 79.7 Å². The van der Waals surface area contributed by atoms with Gasteiger partial charge in [-0.3, -0.25) is 14.2 Å². The van der Waals surface area contributed by atoms with E-state index in [0.717, 1.165) is 15.9 Å². The first-order valence-corrected chi connectivity index (χ1v) is 21.6. The molecule has 58 heavy (non-hydrogen) atoms. The highest BCUT2D eigenvalue weighted by molar-refractivity contribution is 7.21. The van der Waals surface area contributed by atoms with Crippen LogP contribution in [0.25, 0.3) is 15.2 Å². The molecule has 3 heterocycles. The van der Waals surface area contributed by atoms with Gasteiger partial charge in [0.15, 0.2) is 5.78 Å². The minimum atomic E-state index is -3.69. The van der Waals surface area contributed by atoms with Gasteiger partial charge in [0.1, 0.15) is 33.0 Å². The molecule has 0 amide bonds. The van der Waals surface area contributed by atoms with Gasteiger partial charge < -0.3 is 24.5 Å². The number of rotatable bonds is 17. The molecule has 0 aliphatic rings. The fourth-order valence-electron chi connectivity index (χ4n) is 7.48. The number of aliphatic hydroxyl groups excluding tert-OH is 2. The van der Waals surface area contributed by atoms with Crippen LogP contribution in [0.1, 0.15) is 57.8 Å². The summed E-state index contributed by atoms with van der Waals surface area (Å²) in [5, 5.41) is 29.0. The highest BCUT2D eigenvalue weighted by atomic mass is 32.1. The highest BCUT2D eigenvalue weighted by Crippen LogP contribution is 2.41. The molecule has 0 spiro atoms. The predicted octanol–water partition coefficient (Wildman–Crippen LogP) is 3.99. The van der Waals surface area contributed by atoms with Gasteiger partial charge in [0.25, 0.3) is 13.9 Å². The molecule has 0 saturated heterocycles. The molecule has 3 aromatic carbocycles. The summed E-state index contributed by atoms with van der Waals surface area (Å²) in [7, 11) is -2.27. The Labute approximate surface area is 339 Å². The molecule has 306 valence electrons. The van der Waals surface area contributed by atoms with Crippen molar-refractivity contribution in [3.8, 4) is 10.8 Å². The van der Waals surface area contributed by atoms with Gasteiger partial charge in [-0.25, -0.2) is 13.8 Å². The van der Waals surface area contributed by atoms with Crippen LogP contribution in [0.15, 0.2) is 101 Å². The molecular formula is C42H48FN5O8SSi. The van der Waals surface area contributed by atoms with Crippen LogP contribution < -0.4 is 26.4 Å². The van der Waals surface area contributed by atoms with E-state index in [2.05, 4.69) is 10.2 Å². The molecule has 13 nitrogen and oxygen atoms in total. The van der Waals surface area contributed by atoms with E-state index in [1.54, 1.807) is 6.92 Å². The first kappa shape index (κ1) is 42.5.